The zero-order chi connectivity index (χ0) is 11.2. The average Bonchev–Trinajstić information content (AvgIpc) is 2.37. The smallest absolute Gasteiger partial charge is 0.199 e. The molecular weight excluding hydrogens is 210 g/mol. The van der Waals surface area contributed by atoms with Crippen LogP contribution in [0.15, 0.2) is 27.5 Å². The third kappa shape index (κ3) is 1.59. The van der Waals surface area contributed by atoms with E-state index in [-0.39, 0.29) is 0 Å². The molecule has 0 aromatic heterocycles. The molecule has 0 N–H and O–H groups in total. The van der Waals surface area contributed by atoms with Crippen molar-refractivity contribution in [2.24, 2.45) is 4.40 Å². The van der Waals surface area contributed by atoms with Gasteiger partial charge in [0.1, 0.15) is 0 Å². The first-order valence-corrected chi connectivity index (χ1v) is 6.32. The van der Waals surface area contributed by atoms with E-state index in [4.69, 9.17) is 0 Å². The Morgan fingerprint density at radius 1 is 1.27 bits per heavy atom. The number of sulfonamides is 1. The van der Waals surface area contributed by atoms with Crippen LogP contribution in [0.25, 0.3) is 0 Å². The SMILES string of the molecule is CC1=NS(=O)(=O)c2cc(C(C)C)ccc21. The van der Waals surface area contributed by atoms with Crippen LogP contribution in [0.5, 0.6) is 0 Å². The van der Waals surface area contributed by atoms with Crippen molar-refractivity contribution in [1.29, 1.82) is 0 Å². The second kappa shape index (κ2) is 3.17. The van der Waals surface area contributed by atoms with Gasteiger partial charge in [-0.3, -0.25) is 0 Å². The number of nitrogens with zero attached hydrogens (tertiary/aromatic N) is 1. The molecule has 15 heavy (non-hydrogen) atoms. The number of hydrogen-bond acceptors (Lipinski definition) is 2. The molecule has 0 saturated carbocycles. The highest BCUT2D eigenvalue weighted by atomic mass is 32.2. The molecule has 0 spiro atoms. The summed E-state index contributed by atoms with van der Waals surface area (Å²) in [5.41, 5.74) is 2.35. The molecular formula is C11H13NO2S. The van der Waals surface area contributed by atoms with Crippen LogP contribution in [-0.4, -0.2) is 14.1 Å². The van der Waals surface area contributed by atoms with E-state index in [1.165, 1.54) is 0 Å². The molecule has 0 bridgehead atoms. The van der Waals surface area contributed by atoms with E-state index in [0.717, 1.165) is 11.1 Å². The van der Waals surface area contributed by atoms with Gasteiger partial charge in [-0.15, -0.1) is 0 Å². The molecule has 1 aliphatic heterocycles. The predicted molar refractivity (Wildman–Crippen MR) is 59.9 cm³/mol. The lowest BCUT2D eigenvalue weighted by atomic mass is 10.0. The van der Waals surface area contributed by atoms with E-state index in [1.807, 2.05) is 26.0 Å². The minimum Gasteiger partial charge on any atom is -0.199 e. The minimum atomic E-state index is -3.42. The van der Waals surface area contributed by atoms with Gasteiger partial charge in [0, 0.05) is 5.56 Å². The van der Waals surface area contributed by atoms with Gasteiger partial charge in [0.15, 0.2) is 0 Å². The molecule has 0 fully saturated rings. The zero-order valence-electron chi connectivity index (χ0n) is 8.98. The molecule has 0 radical (unpaired) electrons. The Kier molecular flexibility index (Phi) is 2.19. The third-order valence-corrected chi connectivity index (χ3v) is 4.00. The quantitative estimate of drug-likeness (QED) is 0.733. The van der Waals surface area contributed by atoms with Gasteiger partial charge in [-0.05, 0) is 24.5 Å². The average molecular weight is 223 g/mol. The van der Waals surface area contributed by atoms with E-state index in [2.05, 4.69) is 4.40 Å². The van der Waals surface area contributed by atoms with E-state index >= 15 is 0 Å². The number of fused-ring (bicyclic) bond motifs is 1. The van der Waals surface area contributed by atoms with Crippen molar-refractivity contribution in [2.75, 3.05) is 0 Å². The fourth-order valence-electron chi connectivity index (χ4n) is 1.69. The normalized spacial score (nSPS) is 17.7. The summed E-state index contributed by atoms with van der Waals surface area (Å²) in [6.07, 6.45) is 0. The Labute approximate surface area is 89.9 Å². The fraction of sp³-hybridized carbons (Fsp3) is 0.364. The van der Waals surface area contributed by atoms with Crippen LogP contribution in [0.4, 0.5) is 0 Å². The van der Waals surface area contributed by atoms with Crippen molar-refractivity contribution < 1.29 is 8.42 Å². The lowest BCUT2D eigenvalue weighted by molar-refractivity contribution is 0.599. The van der Waals surface area contributed by atoms with Gasteiger partial charge >= 0.3 is 0 Å². The molecule has 1 aliphatic rings. The molecule has 4 heteroatoms. The minimum absolute atomic E-state index is 0.325. The van der Waals surface area contributed by atoms with Crippen molar-refractivity contribution in [3.63, 3.8) is 0 Å². The summed E-state index contributed by atoms with van der Waals surface area (Å²) in [6.45, 7) is 5.80. The Bertz CT molecular complexity index is 542. The first-order valence-electron chi connectivity index (χ1n) is 4.88. The maximum Gasteiger partial charge on any atom is 0.283 e. The van der Waals surface area contributed by atoms with Gasteiger partial charge < -0.3 is 0 Å². The Morgan fingerprint density at radius 3 is 2.53 bits per heavy atom. The van der Waals surface area contributed by atoms with E-state index in [0.29, 0.717) is 16.5 Å². The summed E-state index contributed by atoms with van der Waals surface area (Å²) in [7, 11) is -3.42. The predicted octanol–water partition coefficient (Wildman–Crippen LogP) is 2.32. The number of benzene rings is 1. The summed E-state index contributed by atoms with van der Waals surface area (Å²) < 4.78 is 27.0. The van der Waals surface area contributed by atoms with Crippen LogP contribution in [0.3, 0.4) is 0 Å². The van der Waals surface area contributed by atoms with Crippen LogP contribution in [0.2, 0.25) is 0 Å². The summed E-state index contributed by atoms with van der Waals surface area (Å²) >= 11 is 0. The van der Waals surface area contributed by atoms with E-state index < -0.39 is 10.0 Å². The molecule has 80 valence electrons. The molecule has 1 heterocycles. The standard InChI is InChI=1S/C11H13NO2S/c1-7(2)9-4-5-10-8(3)12-15(13,14)11(10)6-9/h4-7H,1-3H3. The second-order valence-corrected chi connectivity index (χ2v) is 5.63. The van der Waals surface area contributed by atoms with Crippen molar-refractivity contribution in [2.45, 2.75) is 31.6 Å². The summed E-state index contributed by atoms with van der Waals surface area (Å²) in [6, 6.07) is 5.53. The molecule has 0 unspecified atom stereocenters. The van der Waals surface area contributed by atoms with Crippen LogP contribution < -0.4 is 0 Å². The molecule has 3 nitrogen and oxygen atoms in total. The van der Waals surface area contributed by atoms with Crippen molar-refractivity contribution in [3.8, 4) is 0 Å². The van der Waals surface area contributed by atoms with E-state index in [1.54, 1.807) is 13.0 Å². The van der Waals surface area contributed by atoms with Crippen molar-refractivity contribution >= 4 is 15.7 Å². The van der Waals surface area contributed by atoms with Gasteiger partial charge in [0.25, 0.3) is 10.0 Å². The van der Waals surface area contributed by atoms with Gasteiger partial charge in [-0.25, -0.2) is 0 Å². The van der Waals surface area contributed by atoms with Gasteiger partial charge in [0.2, 0.25) is 0 Å². The Balaban J connectivity index is 2.68. The molecule has 0 saturated heterocycles. The topological polar surface area (TPSA) is 46.5 Å². The monoisotopic (exact) mass is 223 g/mol. The first-order chi connectivity index (χ1) is 6.92. The Hall–Kier alpha value is -1.16. The van der Waals surface area contributed by atoms with Gasteiger partial charge in [0.05, 0.1) is 10.6 Å². The van der Waals surface area contributed by atoms with Crippen LogP contribution in [0, 0.1) is 0 Å². The largest absolute Gasteiger partial charge is 0.283 e. The molecule has 1 aromatic carbocycles. The van der Waals surface area contributed by atoms with Crippen molar-refractivity contribution in [1.82, 2.24) is 0 Å². The zero-order valence-corrected chi connectivity index (χ0v) is 9.80. The molecule has 0 atom stereocenters. The van der Waals surface area contributed by atoms with E-state index in [9.17, 15) is 8.42 Å². The fourth-order valence-corrected chi connectivity index (χ4v) is 3.02. The lowest BCUT2D eigenvalue weighted by Crippen LogP contribution is -1.97. The highest BCUT2D eigenvalue weighted by Gasteiger charge is 2.26. The van der Waals surface area contributed by atoms with Crippen molar-refractivity contribution in [3.05, 3.63) is 29.3 Å². The van der Waals surface area contributed by atoms with Crippen LogP contribution in [-0.2, 0) is 10.0 Å². The highest BCUT2D eigenvalue weighted by molar-refractivity contribution is 7.90. The van der Waals surface area contributed by atoms with Gasteiger partial charge in [-0.2, -0.15) is 12.8 Å². The highest BCUT2D eigenvalue weighted by Crippen LogP contribution is 2.29. The summed E-state index contributed by atoms with van der Waals surface area (Å²) in [5, 5.41) is 0. The summed E-state index contributed by atoms with van der Waals surface area (Å²) in [5.74, 6) is 0.325. The number of rotatable bonds is 1. The summed E-state index contributed by atoms with van der Waals surface area (Å²) in [4.78, 5) is 0.353. The Morgan fingerprint density at radius 2 is 1.93 bits per heavy atom. The molecule has 0 amide bonds. The third-order valence-electron chi connectivity index (χ3n) is 2.60. The van der Waals surface area contributed by atoms with Crippen LogP contribution in [0.1, 0.15) is 37.8 Å². The second-order valence-electron chi connectivity index (χ2n) is 4.06. The molecule has 1 aromatic rings. The first kappa shape index (κ1) is 10.4. The van der Waals surface area contributed by atoms with Crippen LogP contribution >= 0.6 is 0 Å². The maximum atomic E-state index is 11.7. The number of hydrogen-bond donors (Lipinski definition) is 0. The lowest BCUT2D eigenvalue weighted by Gasteiger charge is -2.06. The molecule has 2 rings (SSSR count). The molecule has 0 aliphatic carbocycles. The maximum absolute atomic E-state index is 11.7. The van der Waals surface area contributed by atoms with Gasteiger partial charge in [-0.1, -0.05) is 26.0 Å².